The molecule has 0 atom stereocenters. The molecule has 174 valence electrons. The molecule has 2 aromatic carbocycles. The van der Waals surface area contributed by atoms with Crippen molar-refractivity contribution in [3.05, 3.63) is 51.1 Å². The third-order valence-electron chi connectivity index (χ3n) is 4.51. The van der Waals surface area contributed by atoms with Crippen LogP contribution in [-0.2, 0) is 14.4 Å². The van der Waals surface area contributed by atoms with Gasteiger partial charge in [-0.2, -0.15) is 5.10 Å². The maximum Gasteiger partial charge on any atom is 0.329 e. The minimum atomic E-state index is -0.822. The first-order valence-corrected chi connectivity index (χ1v) is 11.5. The van der Waals surface area contributed by atoms with E-state index in [1.54, 1.807) is 12.1 Å². The molecule has 0 radical (unpaired) electrons. The summed E-state index contributed by atoms with van der Waals surface area (Å²) >= 11 is 2.07. The van der Waals surface area contributed by atoms with Gasteiger partial charge >= 0.3 is 11.8 Å². The Balaban J connectivity index is 1.60. The number of hydrogen-bond acceptors (Lipinski definition) is 6. The Labute approximate surface area is 205 Å². The molecule has 0 unspecified atom stereocenters. The Kier molecular flexibility index (Phi) is 8.64. The number of carbonyl (C=O) groups is 3. The van der Waals surface area contributed by atoms with E-state index in [4.69, 9.17) is 9.47 Å². The van der Waals surface area contributed by atoms with Crippen LogP contribution in [0.4, 0.5) is 5.69 Å². The first-order valence-electron chi connectivity index (χ1n) is 10.4. The second kappa shape index (κ2) is 11.6. The molecule has 0 bridgehead atoms. The summed E-state index contributed by atoms with van der Waals surface area (Å²) in [7, 11) is 0. The Morgan fingerprint density at radius 1 is 1.12 bits per heavy atom. The van der Waals surface area contributed by atoms with E-state index in [1.165, 1.54) is 6.21 Å². The highest BCUT2D eigenvalue weighted by molar-refractivity contribution is 14.1. The number of hydrogen-bond donors (Lipinski definition) is 3. The number of nitrogens with one attached hydrogen (secondary N) is 3. The highest BCUT2D eigenvalue weighted by Crippen LogP contribution is 2.34. The highest BCUT2D eigenvalue weighted by atomic mass is 127. The van der Waals surface area contributed by atoms with Crippen LogP contribution in [0.3, 0.4) is 0 Å². The van der Waals surface area contributed by atoms with Crippen molar-refractivity contribution in [1.82, 2.24) is 10.7 Å². The maximum absolute atomic E-state index is 12.3. The van der Waals surface area contributed by atoms with Crippen molar-refractivity contribution in [3.8, 4) is 11.5 Å². The van der Waals surface area contributed by atoms with Crippen LogP contribution in [0, 0.1) is 10.5 Å². The third-order valence-corrected chi connectivity index (χ3v) is 5.31. The van der Waals surface area contributed by atoms with Gasteiger partial charge < -0.3 is 20.1 Å². The molecule has 0 aliphatic heterocycles. The normalized spacial score (nSPS) is 12.8. The van der Waals surface area contributed by atoms with Crippen LogP contribution >= 0.6 is 22.6 Å². The Morgan fingerprint density at radius 3 is 2.52 bits per heavy atom. The lowest BCUT2D eigenvalue weighted by molar-refractivity contribution is -0.139. The van der Waals surface area contributed by atoms with Crippen molar-refractivity contribution < 1.29 is 23.9 Å². The molecule has 1 aliphatic rings. The molecule has 9 nitrogen and oxygen atoms in total. The molecule has 3 N–H and O–H groups in total. The first kappa shape index (κ1) is 24.5. The van der Waals surface area contributed by atoms with Crippen molar-refractivity contribution in [2.45, 2.75) is 32.7 Å². The molecular weight excluding hydrogens is 539 g/mol. The number of halogens is 1. The molecule has 33 heavy (non-hydrogen) atoms. The molecular formula is C23H25IN4O5. The van der Waals surface area contributed by atoms with E-state index in [2.05, 4.69) is 43.8 Å². The van der Waals surface area contributed by atoms with Gasteiger partial charge in [0.25, 0.3) is 5.91 Å². The summed E-state index contributed by atoms with van der Waals surface area (Å²) in [6, 6.07) is 11.0. The van der Waals surface area contributed by atoms with Crippen molar-refractivity contribution in [1.29, 1.82) is 0 Å². The minimum Gasteiger partial charge on any atom is -0.490 e. The van der Waals surface area contributed by atoms with E-state index in [9.17, 15) is 14.4 Å². The van der Waals surface area contributed by atoms with Crippen molar-refractivity contribution >= 4 is 52.2 Å². The lowest BCUT2D eigenvalue weighted by atomic mass is 10.2. The van der Waals surface area contributed by atoms with Crippen LogP contribution in [0.15, 0.2) is 41.5 Å². The van der Waals surface area contributed by atoms with Gasteiger partial charge in [-0.15, -0.1) is 0 Å². The van der Waals surface area contributed by atoms with E-state index in [-0.39, 0.29) is 18.6 Å². The zero-order valence-corrected chi connectivity index (χ0v) is 20.5. The van der Waals surface area contributed by atoms with Crippen LogP contribution in [0.25, 0.3) is 0 Å². The molecule has 0 aromatic heterocycles. The zero-order valence-electron chi connectivity index (χ0n) is 18.3. The summed E-state index contributed by atoms with van der Waals surface area (Å²) in [5.74, 6) is -0.951. The molecule has 1 aliphatic carbocycles. The van der Waals surface area contributed by atoms with Crippen LogP contribution < -0.4 is 25.5 Å². The summed E-state index contributed by atoms with van der Waals surface area (Å²) in [6.45, 7) is 4.00. The van der Waals surface area contributed by atoms with Crippen LogP contribution in [0.1, 0.15) is 30.9 Å². The van der Waals surface area contributed by atoms with Gasteiger partial charge in [0.1, 0.15) is 0 Å². The third kappa shape index (κ3) is 7.74. The van der Waals surface area contributed by atoms with Gasteiger partial charge in [0.2, 0.25) is 0 Å². The number of aryl methyl sites for hydroxylation is 1. The molecule has 1 saturated carbocycles. The standard InChI is InChI=1S/C23H25IN4O5/c1-3-32-19-11-15(12-25-28-23(31)22(30)27-17-8-9-17)10-18(24)21(19)33-13-20(29)26-16-6-4-14(2)5-7-16/h4-7,10-12,17H,3,8-9,13H2,1-2H3,(H,26,29)(H,27,30)(H,28,31)/b25-12-. The fourth-order valence-corrected chi connectivity index (χ4v) is 3.51. The van der Waals surface area contributed by atoms with E-state index in [0.717, 1.165) is 18.4 Å². The summed E-state index contributed by atoms with van der Waals surface area (Å²) in [5.41, 5.74) is 4.62. The SMILES string of the molecule is CCOc1cc(/C=N\NC(=O)C(=O)NC2CC2)cc(I)c1OCC(=O)Nc1ccc(C)cc1. The van der Waals surface area contributed by atoms with Gasteiger partial charge in [-0.3, -0.25) is 14.4 Å². The number of hydrazone groups is 1. The summed E-state index contributed by atoms with van der Waals surface area (Å²) in [4.78, 5) is 35.7. The second-order valence-corrected chi connectivity index (χ2v) is 8.57. The van der Waals surface area contributed by atoms with Gasteiger partial charge in [-0.25, -0.2) is 5.43 Å². The van der Waals surface area contributed by atoms with Gasteiger partial charge in [0.15, 0.2) is 18.1 Å². The largest absolute Gasteiger partial charge is 0.490 e. The average molecular weight is 564 g/mol. The smallest absolute Gasteiger partial charge is 0.329 e. The summed E-state index contributed by atoms with van der Waals surface area (Å²) < 4.78 is 12.1. The quantitative estimate of drug-likeness (QED) is 0.188. The lowest BCUT2D eigenvalue weighted by Crippen LogP contribution is -2.38. The fourth-order valence-electron chi connectivity index (χ4n) is 2.73. The number of carbonyl (C=O) groups excluding carboxylic acids is 3. The minimum absolute atomic E-state index is 0.0917. The molecule has 3 rings (SSSR count). The Bertz CT molecular complexity index is 1050. The van der Waals surface area contributed by atoms with Crippen molar-refractivity contribution in [3.63, 3.8) is 0 Å². The van der Waals surface area contributed by atoms with Crippen LogP contribution in [-0.4, -0.2) is 43.2 Å². The Morgan fingerprint density at radius 2 is 1.85 bits per heavy atom. The number of nitrogens with zero attached hydrogens (tertiary/aromatic N) is 1. The summed E-state index contributed by atoms with van der Waals surface area (Å²) in [5, 5.41) is 9.21. The van der Waals surface area contributed by atoms with Crippen LogP contribution in [0.2, 0.25) is 0 Å². The van der Waals surface area contributed by atoms with Gasteiger partial charge in [0, 0.05) is 11.7 Å². The highest BCUT2D eigenvalue weighted by Gasteiger charge is 2.26. The molecule has 10 heteroatoms. The average Bonchev–Trinajstić information content (AvgIpc) is 3.59. The van der Waals surface area contributed by atoms with Crippen molar-refractivity contribution in [2.75, 3.05) is 18.5 Å². The number of rotatable bonds is 9. The zero-order chi connectivity index (χ0) is 23.8. The summed E-state index contributed by atoms with van der Waals surface area (Å²) in [6.07, 6.45) is 3.19. The monoisotopic (exact) mass is 564 g/mol. The van der Waals surface area contributed by atoms with Crippen LogP contribution in [0.5, 0.6) is 11.5 Å². The van der Waals surface area contributed by atoms with E-state index in [1.807, 2.05) is 38.1 Å². The molecule has 3 amide bonds. The molecule has 0 spiro atoms. The van der Waals surface area contributed by atoms with Gasteiger partial charge in [-0.05, 0) is 79.1 Å². The first-order chi connectivity index (χ1) is 15.9. The fraction of sp³-hybridized carbons (Fsp3) is 0.304. The number of ether oxygens (including phenoxy) is 2. The number of benzene rings is 2. The predicted octanol–water partition coefficient (Wildman–Crippen LogP) is 2.74. The molecule has 1 fully saturated rings. The molecule has 2 aromatic rings. The molecule has 0 heterocycles. The molecule has 0 saturated heterocycles. The second-order valence-electron chi connectivity index (χ2n) is 7.41. The topological polar surface area (TPSA) is 118 Å². The lowest BCUT2D eigenvalue weighted by Gasteiger charge is -2.14. The maximum atomic E-state index is 12.3. The Hall–Kier alpha value is -3.15. The van der Waals surface area contributed by atoms with E-state index >= 15 is 0 Å². The van der Waals surface area contributed by atoms with Gasteiger partial charge in [0.05, 0.1) is 16.4 Å². The van der Waals surface area contributed by atoms with Crippen molar-refractivity contribution in [2.24, 2.45) is 5.10 Å². The number of amides is 3. The number of anilines is 1. The van der Waals surface area contributed by atoms with E-state index < -0.39 is 11.8 Å². The van der Waals surface area contributed by atoms with E-state index in [0.29, 0.717) is 32.9 Å². The van der Waals surface area contributed by atoms with Gasteiger partial charge in [-0.1, -0.05) is 17.7 Å². The predicted molar refractivity (Wildman–Crippen MR) is 133 cm³/mol.